The summed E-state index contributed by atoms with van der Waals surface area (Å²) in [6.45, 7) is 33.4. The van der Waals surface area contributed by atoms with Crippen molar-refractivity contribution in [3.63, 3.8) is 0 Å². The van der Waals surface area contributed by atoms with Gasteiger partial charge in [0.1, 0.15) is 19.3 Å². The molecule has 0 saturated carbocycles. The lowest BCUT2D eigenvalue weighted by Crippen LogP contribution is -2.60. The number of hydrogen-bond acceptors (Lipinski definition) is 7. The highest BCUT2D eigenvalue weighted by Gasteiger charge is 2.44. The largest absolute Gasteiger partial charge is 0.415 e. The van der Waals surface area contributed by atoms with Crippen LogP contribution in [0.4, 0.5) is 0 Å². The van der Waals surface area contributed by atoms with Crippen molar-refractivity contribution in [2.24, 2.45) is 5.16 Å². The molecule has 0 saturated heterocycles. The summed E-state index contributed by atoms with van der Waals surface area (Å²) in [5.74, 6) is 0. The highest BCUT2D eigenvalue weighted by molar-refractivity contribution is 6.71. The zero-order valence-corrected chi connectivity index (χ0v) is 30.0. The highest BCUT2D eigenvalue weighted by Crippen LogP contribution is 2.28. The summed E-state index contributed by atoms with van der Waals surface area (Å²) in [6.07, 6.45) is 0.297. The van der Waals surface area contributed by atoms with Crippen molar-refractivity contribution in [1.82, 2.24) is 0 Å². The number of rotatable bonds is 16. The molecule has 7 nitrogen and oxygen atoms in total. The number of hydrogen-bond donors (Lipinski definition) is 0. The Bertz CT molecular complexity index is 618. The van der Waals surface area contributed by atoms with Gasteiger partial charge < -0.3 is 27.0 Å². The maximum absolute atomic E-state index is 6.90. The van der Waals surface area contributed by atoms with Crippen LogP contribution in [0.2, 0.25) is 98.2 Å². The smallest absolute Gasteiger partial charge is 0.184 e. The van der Waals surface area contributed by atoms with Crippen LogP contribution in [0.15, 0.2) is 5.16 Å². The van der Waals surface area contributed by atoms with Crippen molar-refractivity contribution in [1.29, 1.82) is 0 Å². The minimum atomic E-state index is -2.01. The van der Waals surface area contributed by atoms with Crippen LogP contribution in [0, 0.1) is 0 Å². The van der Waals surface area contributed by atoms with E-state index in [9.17, 15) is 0 Å². The average Bonchev–Trinajstić information content (AvgIpc) is 2.54. The lowest BCUT2D eigenvalue weighted by atomic mass is 10.0. The Morgan fingerprint density at radius 2 is 0.971 bits per heavy atom. The third kappa shape index (κ3) is 17.7. The van der Waals surface area contributed by atoms with Crippen LogP contribution in [0.25, 0.3) is 0 Å². The molecule has 4 atom stereocenters. The molecule has 0 amide bonds. The van der Waals surface area contributed by atoms with Gasteiger partial charge >= 0.3 is 0 Å². The Morgan fingerprint density at radius 3 is 1.32 bits per heavy atom. The molecule has 0 aromatic heterocycles. The summed E-state index contributed by atoms with van der Waals surface area (Å²) in [5.41, 5.74) is 0. The molecular formula is C22H55NO6Si5. The van der Waals surface area contributed by atoms with Crippen LogP contribution >= 0.6 is 0 Å². The van der Waals surface area contributed by atoms with Gasteiger partial charge in [-0.2, -0.15) is 0 Å². The molecule has 34 heavy (non-hydrogen) atoms. The first-order chi connectivity index (χ1) is 14.9. The van der Waals surface area contributed by atoms with Crippen molar-refractivity contribution in [2.45, 2.75) is 123 Å². The summed E-state index contributed by atoms with van der Waals surface area (Å²) in [5, 5.41) is 4.11. The Morgan fingerprint density at radius 1 is 0.559 bits per heavy atom. The highest BCUT2D eigenvalue weighted by atomic mass is 28.4. The summed E-state index contributed by atoms with van der Waals surface area (Å²) in [6, 6.07) is 0. The van der Waals surface area contributed by atoms with Gasteiger partial charge in [-0.1, -0.05) is 5.16 Å². The van der Waals surface area contributed by atoms with Gasteiger partial charge in [-0.15, -0.1) is 0 Å². The van der Waals surface area contributed by atoms with E-state index in [1.165, 1.54) is 0 Å². The fraction of sp³-hybridized carbons (Fsp3) is 0.955. The van der Waals surface area contributed by atoms with Crippen molar-refractivity contribution in [3.05, 3.63) is 0 Å². The van der Waals surface area contributed by atoms with E-state index in [2.05, 4.69) is 103 Å². The van der Waals surface area contributed by atoms with Crippen molar-refractivity contribution in [3.8, 4) is 0 Å². The van der Waals surface area contributed by atoms with Gasteiger partial charge in [0.2, 0.25) is 0 Å². The average molecular weight is 570 g/mol. The summed E-state index contributed by atoms with van der Waals surface area (Å²) < 4.78 is 33.6. The zero-order valence-electron chi connectivity index (χ0n) is 25.0. The van der Waals surface area contributed by atoms with Crippen molar-refractivity contribution < 1.29 is 27.0 Å². The number of nitrogens with zero attached hydrogens (tertiary/aromatic N) is 1. The van der Waals surface area contributed by atoms with Crippen LogP contribution in [0.5, 0.6) is 0 Å². The van der Waals surface area contributed by atoms with Gasteiger partial charge in [0.25, 0.3) is 0 Å². The van der Waals surface area contributed by atoms with Gasteiger partial charge in [0.05, 0.1) is 25.0 Å². The normalized spacial score (nSPS) is 18.1. The molecule has 0 radical (unpaired) electrons. The van der Waals surface area contributed by atoms with E-state index in [4.69, 9.17) is 27.0 Å². The van der Waals surface area contributed by atoms with Crippen LogP contribution in [0.3, 0.4) is 0 Å². The Hall–Kier alpha value is 0.354. The van der Waals surface area contributed by atoms with Crippen molar-refractivity contribution in [2.75, 3.05) is 13.7 Å². The second kappa shape index (κ2) is 13.2. The van der Waals surface area contributed by atoms with Crippen LogP contribution < -0.4 is 0 Å². The summed E-state index contributed by atoms with van der Waals surface area (Å²) >= 11 is 0. The van der Waals surface area contributed by atoms with E-state index in [1.54, 1.807) is 13.3 Å². The molecular weight excluding hydrogens is 515 g/mol. The van der Waals surface area contributed by atoms with E-state index < -0.39 is 53.8 Å². The summed E-state index contributed by atoms with van der Waals surface area (Å²) in [7, 11) is -8.13. The van der Waals surface area contributed by atoms with E-state index in [-0.39, 0.29) is 12.2 Å². The van der Waals surface area contributed by atoms with Gasteiger partial charge in [0.15, 0.2) is 41.6 Å². The van der Waals surface area contributed by atoms with Crippen LogP contribution in [-0.2, 0) is 27.0 Å². The second-order valence-electron chi connectivity index (χ2n) is 13.7. The molecule has 0 rings (SSSR count). The predicted octanol–water partition coefficient (Wildman–Crippen LogP) is 6.35. The Kier molecular flexibility index (Phi) is 13.4. The first-order valence-corrected chi connectivity index (χ1v) is 29.4. The van der Waals surface area contributed by atoms with Gasteiger partial charge in [-0.05, 0) is 98.2 Å². The molecule has 0 aliphatic heterocycles. The molecule has 12 heteroatoms. The molecule has 0 N–H and O–H groups in total. The third-order valence-corrected chi connectivity index (χ3v) is 8.96. The SMILES string of the molecule is CO/N=C/C(O[Si](C)(C)C)C(O[Si](C)(C)C)C(O[Si](C)(C)C)C(CO[Si](C)(C)C)O[Si](C)(C)C. The molecule has 0 aromatic rings. The first kappa shape index (κ1) is 34.4. The van der Waals surface area contributed by atoms with Gasteiger partial charge in [0, 0.05) is 0 Å². The Labute approximate surface area is 215 Å². The maximum atomic E-state index is 6.90. The molecule has 4 unspecified atom stereocenters. The van der Waals surface area contributed by atoms with E-state index in [1.807, 2.05) is 0 Å². The fourth-order valence-corrected chi connectivity index (χ4v) is 8.16. The van der Waals surface area contributed by atoms with Crippen LogP contribution in [0.1, 0.15) is 0 Å². The minimum Gasteiger partial charge on any atom is -0.415 e. The first-order valence-electron chi connectivity index (χ1n) is 12.3. The van der Waals surface area contributed by atoms with E-state index >= 15 is 0 Å². The van der Waals surface area contributed by atoms with Crippen molar-refractivity contribution >= 4 is 47.8 Å². The molecule has 204 valence electrons. The Balaban J connectivity index is 6.73. The van der Waals surface area contributed by atoms with Crippen LogP contribution in [-0.4, -0.2) is 85.9 Å². The van der Waals surface area contributed by atoms with E-state index in [0.29, 0.717) is 6.61 Å². The predicted molar refractivity (Wildman–Crippen MR) is 158 cm³/mol. The van der Waals surface area contributed by atoms with Gasteiger partial charge in [-0.25, -0.2) is 0 Å². The number of oxime groups is 1. The molecule has 0 heterocycles. The standard InChI is InChI=1S/C22H55NO6Si5/c1-24-23-17-19(26-31(5,6)7)21(28-33(11,12)13)22(29-34(14,15)16)20(27-32(8,9)10)18-25-30(2,3)4/h17,19-22H,18H2,1-16H3/b23-17+. The van der Waals surface area contributed by atoms with E-state index in [0.717, 1.165) is 0 Å². The lowest BCUT2D eigenvalue weighted by molar-refractivity contribution is -0.0733. The fourth-order valence-electron chi connectivity index (χ4n) is 3.19. The molecule has 0 bridgehead atoms. The quantitative estimate of drug-likeness (QED) is 0.123. The van der Waals surface area contributed by atoms with Gasteiger partial charge in [-0.3, -0.25) is 0 Å². The molecule has 0 aliphatic rings. The lowest BCUT2D eigenvalue weighted by Gasteiger charge is -2.45. The molecule has 0 fully saturated rings. The molecule has 0 aliphatic carbocycles. The molecule has 0 aromatic carbocycles. The maximum Gasteiger partial charge on any atom is 0.184 e. The minimum absolute atomic E-state index is 0.268. The monoisotopic (exact) mass is 569 g/mol. The second-order valence-corrected chi connectivity index (χ2v) is 36.1. The summed E-state index contributed by atoms with van der Waals surface area (Å²) in [4.78, 5) is 5.07. The topological polar surface area (TPSA) is 67.7 Å². The molecule has 0 spiro atoms. The third-order valence-electron chi connectivity index (χ3n) is 3.98. The zero-order chi connectivity index (χ0) is 27.2.